The second-order valence-corrected chi connectivity index (χ2v) is 17.5. The molecule has 22 nitrogen and oxygen atoms in total. The lowest BCUT2D eigenvalue weighted by Gasteiger charge is -2.29. The van der Waals surface area contributed by atoms with Crippen LogP contribution < -0.4 is 16.6 Å². The minimum absolute atomic E-state index is 0.0265. The Morgan fingerprint density at radius 1 is 1.05 bits per heavy atom. The molecule has 3 aromatic heterocycles. The third kappa shape index (κ3) is 10.8. The number of carbonyl (C=O) groups excluding carboxylic acids is 1. The van der Waals surface area contributed by atoms with Gasteiger partial charge in [0.25, 0.3) is 11.5 Å². The number of aromatic nitrogens is 6. The number of hydrogen-bond acceptors (Lipinski definition) is 18. The number of phosphoric ester groups is 1. The first kappa shape index (κ1) is 46.5. The summed E-state index contributed by atoms with van der Waals surface area (Å²) in [7, 11) is -4.73. The molecular weight excluding hydrogens is 886 g/mol. The first-order chi connectivity index (χ1) is 29.8. The number of nitrogens with zero attached hydrogens (tertiary/aromatic N) is 7. The number of rotatable bonds is 21. The highest BCUT2D eigenvalue weighted by Crippen LogP contribution is 2.57. The molecule has 10 atom stereocenters. The first-order valence-electron chi connectivity index (χ1n) is 18.4. The molecular formula is C35H37F2N9O13P2S. The molecule has 2 saturated heterocycles. The van der Waals surface area contributed by atoms with E-state index in [9.17, 15) is 24.1 Å². The van der Waals surface area contributed by atoms with Gasteiger partial charge in [0, 0.05) is 17.8 Å². The molecule has 2 fully saturated rings. The number of imidazole rings is 1. The minimum Gasteiger partial charge on any atom is -0.394 e. The van der Waals surface area contributed by atoms with Crippen LogP contribution in [-0.4, -0.2) is 116 Å². The molecule has 1 aromatic carbocycles. The second kappa shape index (κ2) is 20.9. The van der Waals surface area contributed by atoms with E-state index in [1.165, 1.54) is 6.08 Å². The van der Waals surface area contributed by atoms with Gasteiger partial charge >= 0.3 is 20.2 Å². The van der Waals surface area contributed by atoms with Gasteiger partial charge in [-0.25, -0.2) is 39.7 Å². The zero-order valence-corrected chi connectivity index (χ0v) is 34.7. The fourth-order valence-corrected chi connectivity index (χ4v) is 9.49. The van der Waals surface area contributed by atoms with Gasteiger partial charge < -0.3 is 33.8 Å². The number of aromatic amines is 1. The normalized spacial score (nSPS) is 25.4. The lowest BCUT2D eigenvalue weighted by molar-refractivity contribution is -0.0597. The molecule has 5 heterocycles. The topological polar surface area (TPSA) is 267 Å². The van der Waals surface area contributed by atoms with Crippen LogP contribution in [0.1, 0.15) is 29.2 Å². The number of benzene rings is 1. The van der Waals surface area contributed by atoms with Gasteiger partial charge in [-0.05, 0) is 23.9 Å². The summed E-state index contributed by atoms with van der Waals surface area (Å²) >= 11 is 5.64. The van der Waals surface area contributed by atoms with Gasteiger partial charge in [-0.1, -0.05) is 24.3 Å². The summed E-state index contributed by atoms with van der Waals surface area (Å²) in [6, 6.07) is 11.0. The molecule has 27 heteroatoms. The Bertz CT molecular complexity index is 2520. The van der Waals surface area contributed by atoms with Crippen molar-refractivity contribution in [3.05, 3.63) is 106 Å². The predicted octanol–water partition coefficient (Wildman–Crippen LogP) is 3.28. The molecule has 6 rings (SSSR count). The van der Waals surface area contributed by atoms with E-state index in [0.29, 0.717) is 5.56 Å². The van der Waals surface area contributed by atoms with E-state index >= 15 is 8.78 Å². The maximum absolute atomic E-state index is 17.0. The maximum Gasteiger partial charge on any atom is 0.475 e. The highest BCUT2D eigenvalue weighted by Gasteiger charge is 2.53. The summed E-state index contributed by atoms with van der Waals surface area (Å²) in [5, 5.41) is 21.5. The maximum atomic E-state index is 17.0. The van der Waals surface area contributed by atoms with Crippen molar-refractivity contribution in [2.45, 2.75) is 55.6 Å². The number of fused-ring (bicyclic) bond motifs is 1. The molecule has 6 unspecified atom stereocenters. The Labute approximate surface area is 355 Å². The van der Waals surface area contributed by atoms with Crippen LogP contribution in [0.3, 0.4) is 0 Å². The number of aliphatic hydroxyl groups is 1. The average molecular weight is 924 g/mol. The van der Waals surface area contributed by atoms with Crippen LogP contribution in [0.25, 0.3) is 16.0 Å². The van der Waals surface area contributed by atoms with E-state index in [-0.39, 0.29) is 29.9 Å². The molecule has 0 bridgehead atoms. The van der Waals surface area contributed by atoms with Crippen molar-refractivity contribution in [1.82, 2.24) is 29.1 Å². The zero-order chi connectivity index (χ0) is 44.4. The van der Waals surface area contributed by atoms with Gasteiger partial charge in [0.1, 0.15) is 37.4 Å². The van der Waals surface area contributed by atoms with Gasteiger partial charge in [0.15, 0.2) is 41.8 Å². The van der Waals surface area contributed by atoms with Gasteiger partial charge in [-0.15, -0.1) is 6.58 Å². The number of alkyl halides is 2. The second-order valence-electron chi connectivity index (χ2n) is 13.0. The number of ether oxygens (including phenoxy) is 2. The smallest absolute Gasteiger partial charge is 0.394 e. The number of H-pyrrole nitrogens is 1. The lowest BCUT2D eigenvalue weighted by Crippen LogP contribution is -2.38. The molecule has 0 radical (unpaired) electrons. The molecule has 2 aliphatic rings. The summed E-state index contributed by atoms with van der Waals surface area (Å²) in [6.45, 7) is 3.14. The largest absolute Gasteiger partial charge is 0.475 e. The third-order valence-electron chi connectivity index (χ3n) is 8.90. The van der Waals surface area contributed by atoms with Crippen molar-refractivity contribution >= 4 is 49.2 Å². The molecule has 0 spiro atoms. The molecule has 330 valence electrons. The van der Waals surface area contributed by atoms with Gasteiger partial charge in [-0.2, -0.15) is 5.26 Å². The van der Waals surface area contributed by atoms with Crippen LogP contribution in [0.4, 0.5) is 14.6 Å². The third-order valence-corrected chi connectivity index (χ3v) is 12.7. The van der Waals surface area contributed by atoms with Crippen molar-refractivity contribution in [2.75, 3.05) is 44.9 Å². The Kier molecular flexibility index (Phi) is 15.7. The Morgan fingerprint density at radius 3 is 2.53 bits per heavy atom. The number of phosphoric acid groups is 1. The van der Waals surface area contributed by atoms with Crippen molar-refractivity contribution in [3.8, 4) is 6.07 Å². The Morgan fingerprint density at radius 2 is 1.82 bits per heavy atom. The summed E-state index contributed by atoms with van der Waals surface area (Å²) in [5.74, 6) is -0.555. The van der Waals surface area contributed by atoms with E-state index in [2.05, 4.69) is 31.7 Å². The van der Waals surface area contributed by atoms with Crippen molar-refractivity contribution in [3.63, 3.8) is 0 Å². The number of hydrogen-bond donors (Lipinski definition) is 3. The molecule has 0 aliphatic carbocycles. The van der Waals surface area contributed by atoms with E-state index < -0.39 is 114 Å². The molecule has 0 saturated carbocycles. The van der Waals surface area contributed by atoms with Crippen molar-refractivity contribution in [1.29, 1.82) is 5.26 Å². The van der Waals surface area contributed by atoms with Crippen LogP contribution in [0.5, 0.6) is 0 Å². The number of anilines is 1. The molecule has 62 heavy (non-hydrogen) atoms. The van der Waals surface area contributed by atoms with E-state index in [1.807, 2.05) is 11.1 Å². The number of carbonyl (C=O) groups is 1. The average Bonchev–Trinajstić information content (AvgIpc) is 3.92. The molecule has 4 aromatic rings. The quantitative estimate of drug-likeness (QED) is 0.0468. The van der Waals surface area contributed by atoms with Gasteiger partial charge in [0.05, 0.1) is 45.2 Å². The fourth-order valence-electron chi connectivity index (χ4n) is 6.09. The number of amides is 1. The number of aliphatic hydroxyl groups excluding tert-OH is 1. The van der Waals surface area contributed by atoms with Gasteiger partial charge in [0.2, 0.25) is 6.54 Å². The molecule has 3 N–H and O–H groups in total. The fraction of sp³-hybridized carbons (Fsp3) is 0.429. The highest BCUT2D eigenvalue weighted by molar-refractivity contribution is 8.07. The standard InChI is InChI=1S/C35H37F2N9O13P2S/c1-3-14-52-60(51,53-15-7-11-38)58-28-23(57-33(26(28)37)46-20-42-27-30(40-19-41-31(27)46)44-32(49)21-8-5-4-6-9-21)18-55-61(62,54-16-12-39-2)59-29-25(36)22(17-47)56-34(29)45-13-10-24(48)43-35(45)50/h3-6,8-10,13,19-20,22-23,25-26,28-29,33-34,47H,1,7,12,14-18H2,(H,43,48,50)(H,40,41,44,49)/t22-,23-,25?,26?,28?,29?,33-,34-,60?,61?/m1/s1. The monoisotopic (exact) mass is 923 g/mol. The lowest BCUT2D eigenvalue weighted by atomic mass is 10.1. The Balaban J connectivity index is 1.32. The first-order valence-corrected chi connectivity index (χ1v) is 22.4. The van der Waals surface area contributed by atoms with Crippen LogP contribution in [0.2, 0.25) is 0 Å². The highest BCUT2D eigenvalue weighted by atomic mass is 32.5. The molecule has 2 aliphatic heterocycles. The predicted molar refractivity (Wildman–Crippen MR) is 213 cm³/mol. The summed E-state index contributed by atoms with van der Waals surface area (Å²) in [4.78, 5) is 55.3. The number of nitriles is 1. The van der Waals surface area contributed by atoms with E-state index in [0.717, 1.165) is 34.1 Å². The molecule has 1 amide bonds. The van der Waals surface area contributed by atoms with Crippen LogP contribution in [0, 0.1) is 17.9 Å². The number of halogens is 2. The van der Waals surface area contributed by atoms with Crippen molar-refractivity contribution in [2.24, 2.45) is 0 Å². The van der Waals surface area contributed by atoms with E-state index in [1.54, 1.807) is 30.3 Å². The Hall–Kier alpha value is -4.98. The summed E-state index contributed by atoms with van der Waals surface area (Å²) in [5.41, 5.74) is -1.48. The van der Waals surface area contributed by atoms with Crippen molar-refractivity contribution < 1.29 is 59.9 Å². The zero-order valence-electron chi connectivity index (χ0n) is 32.1. The van der Waals surface area contributed by atoms with Gasteiger partial charge in [-0.3, -0.25) is 41.8 Å². The van der Waals surface area contributed by atoms with Crippen LogP contribution in [-0.2, 0) is 53.0 Å². The minimum atomic E-state index is -4.73. The van der Waals surface area contributed by atoms with Crippen LogP contribution >= 0.6 is 14.5 Å². The van der Waals surface area contributed by atoms with Crippen LogP contribution in [0.15, 0.2) is 77.5 Å². The summed E-state index contributed by atoms with van der Waals surface area (Å²) in [6.07, 6.45) is -10.5. The SMILES string of the molecule is [C-]#[N+]CCOP(=S)(OC[C@H]1O[C@@H](n2cnc3c(NC(=O)c4ccccc4)ncnc32)C(F)C1OP(=O)(OCC=C)OCCC#N)OC1C(F)[C@@H](CO)O[C@H]1n1ccc(=O)[nH]c1=O. The summed E-state index contributed by atoms with van der Waals surface area (Å²) < 4.78 is 94.3. The van der Waals surface area contributed by atoms with E-state index in [4.69, 9.17) is 60.3 Å². The number of nitrogens with one attached hydrogen (secondary N) is 2.